The van der Waals surface area contributed by atoms with Gasteiger partial charge >= 0.3 is 0 Å². The van der Waals surface area contributed by atoms with E-state index in [2.05, 4.69) is 26.5 Å². The van der Waals surface area contributed by atoms with Gasteiger partial charge in [-0.05, 0) is 41.8 Å². The van der Waals surface area contributed by atoms with Gasteiger partial charge in [0.1, 0.15) is 29.9 Å². The van der Waals surface area contributed by atoms with Crippen molar-refractivity contribution in [2.75, 3.05) is 5.32 Å². The Kier molecular flexibility index (Phi) is 5.04. The number of nitrogens with zero attached hydrogens (tertiary/aromatic N) is 5. The van der Waals surface area contributed by atoms with Gasteiger partial charge in [-0.25, -0.2) is 9.97 Å². The molecule has 0 bridgehead atoms. The fourth-order valence-corrected chi connectivity index (χ4v) is 2.85. The Morgan fingerprint density at radius 2 is 2.07 bits per heavy atom. The van der Waals surface area contributed by atoms with Crippen LogP contribution in [0, 0.1) is 11.3 Å². The number of nitriles is 1. The average molecular weight is 391 g/mol. The van der Waals surface area contributed by atoms with Gasteiger partial charge in [-0.3, -0.25) is 4.68 Å². The number of rotatable bonds is 6. The van der Waals surface area contributed by atoms with E-state index in [1.165, 1.54) is 0 Å². The lowest BCUT2D eigenvalue weighted by Crippen LogP contribution is -1.97. The molecule has 1 aromatic carbocycles. The van der Waals surface area contributed by atoms with Crippen LogP contribution in [0.5, 0.6) is 5.75 Å². The van der Waals surface area contributed by atoms with Crippen LogP contribution in [-0.4, -0.2) is 19.7 Å². The van der Waals surface area contributed by atoms with E-state index in [1.807, 2.05) is 30.3 Å². The topological polar surface area (TPSA) is 88.7 Å². The second kappa shape index (κ2) is 7.94. The molecule has 0 unspecified atom stereocenters. The number of nitrogens with one attached hydrogen (secondary N) is 1. The zero-order valence-corrected chi connectivity index (χ0v) is 15.5. The highest BCUT2D eigenvalue weighted by molar-refractivity contribution is 6.29. The van der Waals surface area contributed by atoms with E-state index in [0.717, 1.165) is 33.6 Å². The summed E-state index contributed by atoms with van der Waals surface area (Å²) < 4.78 is 7.44. The standard InChI is InChI=1S/C20H15ClN6O/c21-19-4-1-16(11-24-19)26-20-18-3-2-17(9-15(18)5-7-23-20)28-13-14-10-25-27(12-14)8-6-22/h1-5,7,9-12H,8,13H2,(H,23,26). The number of ether oxygens (including phenoxy) is 1. The number of anilines is 2. The van der Waals surface area contributed by atoms with Crippen LogP contribution in [0.25, 0.3) is 10.8 Å². The zero-order valence-electron chi connectivity index (χ0n) is 14.7. The lowest BCUT2D eigenvalue weighted by atomic mass is 10.1. The van der Waals surface area contributed by atoms with Crippen LogP contribution in [0.2, 0.25) is 5.15 Å². The van der Waals surface area contributed by atoms with Gasteiger partial charge in [-0.2, -0.15) is 10.4 Å². The fourth-order valence-electron chi connectivity index (χ4n) is 2.74. The number of aromatic nitrogens is 4. The van der Waals surface area contributed by atoms with Crippen molar-refractivity contribution >= 4 is 33.9 Å². The van der Waals surface area contributed by atoms with E-state index in [4.69, 9.17) is 21.6 Å². The minimum Gasteiger partial charge on any atom is -0.489 e. The van der Waals surface area contributed by atoms with Crippen molar-refractivity contribution < 1.29 is 4.74 Å². The van der Waals surface area contributed by atoms with Crippen molar-refractivity contribution in [3.8, 4) is 11.8 Å². The maximum absolute atomic E-state index is 8.70. The molecule has 0 spiro atoms. The van der Waals surface area contributed by atoms with Crippen molar-refractivity contribution in [1.29, 1.82) is 5.26 Å². The Morgan fingerprint density at radius 3 is 2.89 bits per heavy atom. The molecule has 0 aliphatic heterocycles. The smallest absolute Gasteiger partial charge is 0.138 e. The van der Waals surface area contributed by atoms with Crippen molar-refractivity contribution in [1.82, 2.24) is 19.7 Å². The molecule has 7 nitrogen and oxygen atoms in total. The van der Waals surface area contributed by atoms with Gasteiger partial charge in [0.05, 0.1) is 24.2 Å². The highest BCUT2D eigenvalue weighted by atomic mass is 35.5. The van der Waals surface area contributed by atoms with Crippen LogP contribution in [0.15, 0.2) is 61.2 Å². The second-order valence-corrected chi connectivity index (χ2v) is 6.42. The molecule has 0 atom stereocenters. The first kappa shape index (κ1) is 17.8. The molecule has 3 aromatic heterocycles. The minimum absolute atomic E-state index is 0.224. The lowest BCUT2D eigenvalue weighted by Gasteiger charge is -2.10. The van der Waals surface area contributed by atoms with Gasteiger partial charge < -0.3 is 10.1 Å². The normalized spacial score (nSPS) is 10.6. The van der Waals surface area contributed by atoms with E-state index >= 15 is 0 Å². The van der Waals surface area contributed by atoms with Crippen molar-refractivity contribution in [2.24, 2.45) is 0 Å². The molecule has 0 aliphatic carbocycles. The van der Waals surface area contributed by atoms with E-state index < -0.39 is 0 Å². The number of fused-ring (bicyclic) bond motifs is 1. The SMILES string of the molecule is N#CCn1cc(COc2ccc3c(Nc4ccc(Cl)nc4)nccc3c2)cn1. The first-order chi connectivity index (χ1) is 13.7. The van der Waals surface area contributed by atoms with Crippen LogP contribution in [0.3, 0.4) is 0 Å². The number of pyridine rings is 2. The number of halogens is 1. The van der Waals surface area contributed by atoms with E-state index in [-0.39, 0.29) is 6.54 Å². The number of hydrogen-bond donors (Lipinski definition) is 1. The Bertz CT molecular complexity index is 1150. The molecular formula is C20H15ClN6O. The first-order valence-electron chi connectivity index (χ1n) is 8.50. The summed E-state index contributed by atoms with van der Waals surface area (Å²) in [5.41, 5.74) is 1.71. The van der Waals surface area contributed by atoms with Gasteiger partial charge in [0.25, 0.3) is 0 Å². The monoisotopic (exact) mass is 390 g/mol. The molecule has 4 rings (SSSR count). The second-order valence-electron chi connectivity index (χ2n) is 6.03. The van der Waals surface area contributed by atoms with Gasteiger partial charge in [0.15, 0.2) is 0 Å². The van der Waals surface area contributed by atoms with E-state index in [1.54, 1.807) is 35.5 Å². The molecule has 0 amide bonds. The minimum atomic E-state index is 0.224. The quantitative estimate of drug-likeness (QED) is 0.493. The molecule has 8 heteroatoms. The molecule has 3 heterocycles. The predicted octanol–water partition coefficient (Wildman–Crippen LogP) is 4.33. The Labute approximate surface area is 166 Å². The Hall–Kier alpha value is -3.63. The highest BCUT2D eigenvalue weighted by Gasteiger charge is 2.06. The summed E-state index contributed by atoms with van der Waals surface area (Å²) in [6, 6.07) is 13.4. The van der Waals surface area contributed by atoms with Crippen molar-refractivity contribution in [2.45, 2.75) is 13.2 Å². The summed E-state index contributed by atoms with van der Waals surface area (Å²) in [6.07, 6.45) is 6.90. The van der Waals surface area contributed by atoms with Gasteiger partial charge in [-0.15, -0.1) is 0 Å². The molecule has 28 heavy (non-hydrogen) atoms. The lowest BCUT2D eigenvalue weighted by molar-refractivity contribution is 0.306. The maximum Gasteiger partial charge on any atom is 0.138 e. The van der Waals surface area contributed by atoms with Crippen LogP contribution in [0.1, 0.15) is 5.56 Å². The third kappa shape index (κ3) is 4.03. The predicted molar refractivity (Wildman–Crippen MR) is 106 cm³/mol. The van der Waals surface area contributed by atoms with Crippen molar-refractivity contribution in [3.63, 3.8) is 0 Å². The van der Waals surface area contributed by atoms with Crippen LogP contribution < -0.4 is 10.1 Å². The molecule has 0 saturated carbocycles. The molecule has 1 N–H and O–H groups in total. The zero-order chi connectivity index (χ0) is 19.3. The molecule has 138 valence electrons. The molecule has 0 radical (unpaired) electrons. The van der Waals surface area contributed by atoms with Gasteiger partial charge in [-0.1, -0.05) is 11.6 Å². The molecule has 0 saturated heterocycles. The molecule has 0 aliphatic rings. The summed E-state index contributed by atoms with van der Waals surface area (Å²) in [4.78, 5) is 8.48. The summed E-state index contributed by atoms with van der Waals surface area (Å²) in [6.45, 7) is 0.603. The van der Waals surface area contributed by atoms with Crippen LogP contribution in [0.4, 0.5) is 11.5 Å². The molecular weight excluding hydrogens is 376 g/mol. The summed E-state index contributed by atoms with van der Waals surface area (Å²) >= 11 is 5.83. The van der Waals surface area contributed by atoms with Crippen LogP contribution >= 0.6 is 11.6 Å². The fraction of sp³-hybridized carbons (Fsp3) is 0.100. The summed E-state index contributed by atoms with van der Waals surface area (Å²) in [5.74, 6) is 1.47. The maximum atomic E-state index is 8.70. The van der Waals surface area contributed by atoms with Gasteiger partial charge in [0, 0.05) is 23.3 Å². The van der Waals surface area contributed by atoms with Gasteiger partial charge in [0.2, 0.25) is 0 Å². The third-order valence-corrected chi connectivity index (χ3v) is 4.27. The highest BCUT2D eigenvalue weighted by Crippen LogP contribution is 2.28. The largest absolute Gasteiger partial charge is 0.489 e. The molecule has 4 aromatic rings. The number of benzene rings is 1. The van der Waals surface area contributed by atoms with Crippen LogP contribution in [-0.2, 0) is 13.2 Å². The average Bonchev–Trinajstić information content (AvgIpc) is 3.16. The third-order valence-electron chi connectivity index (χ3n) is 4.05. The Balaban J connectivity index is 1.51. The molecule has 0 fully saturated rings. The first-order valence-corrected chi connectivity index (χ1v) is 8.87. The van der Waals surface area contributed by atoms with E-state index in [9.17, 15) is 0 Å². The summed E-state index contributed by atoms with van der Waals surface area (Å²) in [7, 11) is 0. The summed E-state index contributed by atoms with van der Waals surface area (Å²) in [5, 5.41) is 18.5. The van der Waals surface area contributed by atoms with Crippen molar-refractivity contribution in [3.05, 3.63) is 71.9 Å². The Morgan fingerprint density at radius 1 is 1.14 bits per heavy atom. The number of hydrogen-bond acceptors (Lipinski definition) is 6. The van der Waals surface area contributed by atoms with E-state index in [0.29, 0.717) is 11.8 Å².